The predicted octanol–water partition coefficient (Wildman–Crippen LogP) is 0.561. The third kappa shape index (κ3) is 6.27. The van der Waals surface area contributed by atoms with E-state index in [0.29, 0.717) is 18.7 Å². The molecule has 2 rings (SSSR count). The molecule has 6 heteroatoms. The van der Waals surface area contributed by atoms with Crippen LogP contribution >= 0.6 is 0 Å². The molecule has 0 saturated carbocycles. The number of ether oxygens (including phenoxy) is 1. The van der Waals surface area contributed by atoms with Crippen molar-refractivity contribution in [2.75, 3.05) is 20.2 Å². The van der Waals surface area contributed by atoms with Gasteiger partial charge in [0.25, 0.3) is 11.8 Å². The van der Waals surface area contributed by atoms with Crippen molar-refractivity contribution in [1.29, 1.82) is 0 Å². The van der Waals surface area contributed by atoms with E-state index in [9.17, 15) is 9.59 Å². The molecule has 0 aliphatic carbocycles. The van der Waals surface area contributed by atoms with Crippen LogP contribution in [0.3, 0.4) is 0 Å². The smallest absolute Gasteiger partial charge is 0.293 e. The lowest BCUT2D eigenvalue weighted by atomic mass is 10.2. The molecular formula is C19H24N3O3+. The zero-order valence-corrected chi connectivity index (χ0v) is 14.5. The summed E-state index contributed by atoms with van der Waals surface area (Å²) in [5, 5.41) is 0. The number of amides is 2. The van der Waals surface area contributed by atoms with Gasteiger partial charge in [0.1, 0.15) is 12.3 Å². The zero-order valence-electron chi connectivity index (χ0n) is 14.5. The van der Waals surface area contributed by atoms with E-state index >= 15 is 0 Å². The number of hydrazine groups is 1. The van der Waals surface area contributed by atoms with Gasteiger partial charge in [-0.05, 0) is 43.3 Å². The molecule has 2 aromatic rings. The minimum atomic E-state index is -0.335. The Bertz CT molecular complexity index is 687. The molecule has 0 fully saturated rings. The Morgan fingerprint density at radius 2 is 1.68 bits per heavy atom. The zero-order chi connectivity index (χ0) is 18.1. The quantitative estimate of drug-likeness (QED) is 0.644. The van der Waals surface area contributed by atoms with Gasteiger partial charge in [-0.15, -0.1) is 0 Å². The van der Waals surface area contributed by atoms with Crippen molar-refractivity contribution < 1.29 is 19.2 Å². The Balaban J connectivity index is 1.75. The molecule has 1 unspecified atom stereocenters. The van der Waals surface area contributed by atoms with E-state index in [1.54, 1.807) is 24.3 Å². The van der Waals surface area contributed by atoms with Crippen LogP contribution in [-0.4, -0.2) is 32.0 Å². The lowest BCUT2D eigenvalue weighted by molar-refractivity contribution is -0.885. The fourth-order valence-corrected chi connectivity index (χ4v) is 2.39. The van der Waals surface area contributed by atoms with Crippen LogP contribution in [0.25, 0.3) is 0 Å². The van der Waals surface area contributed by atoms with Crippen LogP contribution in [0.15, 0.2) is 54.6 Å². The first kappa shape index (κ1) is 18.5. The molecule has 6 nitrogen and oxygen atoms in total. The molecule has 1 atom stereocenters. The second-order valence-corrected chi connectivity index (χ2v) is 5.76. The number of hydrogen-bond donors (Lipinski definition) is 3. The summed E-state index contributed by atoms with van der Waals surface area (Å²) in [5.41, 5.74) is 6.48. The summed E-state index contributed by atoms with van der Waals surface area (Å²) in [6, 6.07) is 16.6. The maximum atomic E-state index is 12.0. The molecule has 25 heavy (non-hydrogen) atoms. The van der Waals surface area contributed by atoms with E-state index in [1.165, 1.54) is 0 Å². The second kappa shape index (κ2) is 9.44. The summed E-state index contributed by atoms with van der Waals surface area (Å²) in [6.07, 6.45) is 0. The SMILES string of the molecule is CCOc1ccc(C[NH+](C)CC(=O)NNC(=O)c2ccccc2)cc1. The topological polar surface area (TPSA) is 71.9 Å². The normalized spacial score (nSPS) is 11.4. The highest BCUT2D eigenvalue weighted by molar-refractivity contribution is 5.95. The van der Waals surface area contributed by atoms with E-state index in [1.807, 2.05) is 44.3 Å². The first-order valence-electron chi connectivity index (χ1n) is 8.25. The molecule has 2 aromatic carbocycles. The first-order chi connectivity index (χ1) is 12.1. The van der Waals surface area contributed by atoms with Crippen LogP contribution in [0, 0.1) is 0 Å². The third-order valence-corrected chi connectivity index (χ3v) is 3.55. The van der Waals surface area contributed by atoms with Crippen LogP contribution in [0.5, 0.6) is 5.75 Å². The number of carbonyl (C=O) groups excluding carboxylic acids is 2. The van der Waals surface area contributed by atoms with E-state index in [2.05, 4.69) is 10.9 Å². The van der Waals surface area contributed by atoms with Crippen LogP contribution < -0.4 is 20.5 Å². The highest BCUT2D eigenvalue weighted by atomic mass is 16.5. The van der Waals surface area contributed by atoms with Gasteiger partial charge in [-0.1, -0.05) is 18.2 Å². The molecule has 0 bridgehead atoms. The third-order valence-electron chi connectivity index (χ3n) is 3.55. The molecular weight excluding hydrogens is 318 g/mol. The van der Waals surface area contributed by atoms with Crippen molar-refractivity contribution in [2.24, 2.45) is 0 Å². The molecule has 0 spiro atoms. The fourth-order valence-electron chi connectivity index (χ4n) is 2.39. The summed E-state index contributed by atoms with van der Waals surface area (Å²) in [6.45, 7) is 3.54. The number of carbonyl (C=O) groups is 2. The van der Waals surface area contributed by atoms with Gasteiger partial charge in [-0.25, -0.2) is 0 Å². The summed E-state index contributed by atoms with van der Waals surface area (Å²) < 4.78 is 5.41. The molecule has 0 radical (unpaired) electrons. The maximum Gasteiger partial charge on any atom is 0.293 e. The van der Waals surface area contributed by atoms with Crippen molar-refractivity contribution in [2.45, 2.75) is 13.5 Å². The van der Waals surface area contributed by atoms with Crippen LogP contribution in [-0.2, 0) is 11.3 Å². The molecule has 3 N–H and O–H groups in total. The standard InChI is InChI=1S/C19H23N3O3/c1-3-25-17-11-9-15(10-12-17)13-22(2)14-18(23)20-21-19(24)16-7-5-4-6-8-16/h4-12H,3,13-14H2,1-2H3,(H,20,23)(H,21,24)/p+1. The Morgan fingerprint density at radius 3 is 2.32 bits per heavy atom. The highest BCUT2D eigenvalue weighted by Gasteiger charge is 2.12. The Hall–Kier alpha value is -2.86. The minimum Gasteiger partial charge on any atom is -0.494 e. The molecule has 2 amide bonds. The summed E-state index contributed by atoms with van der Waals surface area (Å²) >= 11 is 0. The van der Waals surface area contributed by atoms with Crippen molar-refractivity contribution in [3.63, 3.8) is 0 Å². The largest absolute Gasteiger partial charge is 0.494 e. The molecule has 0 saturated heterocycles. The van der Waals surface area contributed by atoms with Gasteiger partial charge in [-0.2, -0.15) is 0 Å². The Morgan fingerprint density at radius 1 is 1.00 bits per heavy atom. The Labute approximate surface area is 147 Å². The Kier molecular flexibility index (Phi) is 6.98. The molecule has 0 aliphatic heterocycles. The average molecular weight is 342 g/mol. The van der Waals surface area contributed by atoms with E-state index < -0.39 is 0 Å². The van der Waals surface area contributed by atoms with Crippen LogP contribution in [0.2, 0.25) is 0 Å². The van der Waals surface area contributed by atoms with Crippen molar-refractivity contribution in [3.8, 4) is 5.75 Å². The number of likely N-dealkylation sites (N-methyl/N-ethyl adjacent to an activating group) is 1. The summed E-state index contributed by atoms with van der Waals surface area (Å²) in [4.78, 5) is 24.8. The van der Waals surface area contributed by atoms with Crippen LogP contribution in [0.1, 0.15) is 22.8 Å². The minimum absolute atomic E-state index is 0.243. The highest BCUT2D eigenvalue weighted by Crippen LogP contribution is 2.11. The number of quaternary nitrogens is 1. The van der Waals surface area contributed by atoms with Gasteiger partial charge in [0.05, 0.1) is 13.7 Å². The summed E-state index contributed by atoms with van der Waals surface area (Å²) in [5.74, 6) is 0.260. The average Bonchev–Trinajstić information content (AvgIpc) is 2.62. The number of benzene rings is 2. The predicted molar refractivity (Wildman–Crippen MR) is 95.1 cm³/mol. The second-order valence-electron chi connectivity index (χ2n) is 5.76. The molecule has 132 valence electrons. The van der Waals surface area contributed by atoms with E-state index in [4.69, 9.17) is 4.74 Å². The van der Waals surface area contributed by atoms with Gasteiger partial charge in [0, 0.05) is 11.1 Å². The molecule has 0 aliphatic rings. The van der Waals surface area contributed by atoms with Crippen molar-refractivity contribution in [3.05, 3.63) is 65.7 Å². The maximum absolute atomic E-state index is 12.0. The van der Waals surface area contributed by atoms with Gasteiger partial charge < -0.3 is 9.64 Å². The number of rotatable bonds is 7. The number of hydrogen-bond acceptors (Lipinski definition) is 3. The van der Waals surface area contributed by atoms with Gasteiger partial charge >= 0.3 is 0 Å². The van der Waals surface area contributed by atoms with Crippen molar-refractivity contribution in [1.82, 2.24) is 10.9 Å². The molecule has 0 aromatic heterocycles. The monoisotopic (exact) mass is 342 g/mol. The van der Waals surface area contributed by atoms with Gasteiger partial charge in [0.15, 0.2) is 6.54 Å². The van der Waals surface area contributed by atoms with E-state index in [0.717, 1.165) is 16.2 Å². The summed E-state index contributed by atoms with van der Waals surface area (Å²) in [7, 11) is 1.93. The van der Waals surface area contributed by atoms with Crippen LogP contribution in [0.4, 0.5) is 0 Å². The van der Waals surface area contributed by atoms with E-state index in [-0.39, 0.29) is 18.4 Å². The first-order valence-corrected chi connectivity index (χ1v) is 8.25. The van der Waals surface area contributed by atoms with Gasteiger partial charge in [0.2, 0.25) is 0 Å². The van der Waals surface area contributed by atoms with Crippen molar-refractivity contribution >= 4 is 11.8 Å². The molecule has 0 heterocycles. The number of nitrogens with one attached hydrogen (secondary N) is 3. The lowest BCUT2D eigenvalue weighted by Crippen LogP contribution is -3.09. The fraction of sp³-hybridized carbons (Fsp3) is 0.263. The lowest BCUT2D eigenvalue weighted by Gasteiger charge is -2.14. The van der Waals surface area contributed by atoms with Gasteiger partial charge in [-0.3, -0.25) is 20.4 Å².